The zero-order chi connectivity index (χ0) is 11.4. The first-order valence-corrected chi connectivity index (χ1v) is 6.92. The van der Waals surface area contributed by atoms with Crippen molar-refractivity contribution in [3.05, 3.63) is 29.8 Å². The van der Waals surface area contributed by atoms with E-state index in [1.807, 2.05) is 18.7 Å². The molecule has 1 aliphatic heterocycles. The monoisotopic (exact) mass is 237 g/mol. The molecule has 1 aromatic carbocycles. The van der Waals surface area contributed by atoms with Gasteiger partial charge < -0.3 is 10.1 Å². The van der Waals surface area contributed by atoms with E-state index in [2.05, 4.69) is 36.5 Å². The molecule has 2 unspecified atom stereocenters. The molecular weight excluding hydrogens is 218 g/mol. The lowest BCUT2D eigenvalue weighted by Gasteiger charge is -2.27. The predicted molar refractivity (Wildman–Crippen MR) is 70.3 cm³/mol. The van der Waals surface area contributed by atoms with Gasteiger partial charge in [0.15, 0.2) is 0 Å². The second kappa shape index (κ2) is 5.60. The van der Waals surface area contributed by atoms with Crippen molar-refractivity contribution < 1.29 is 4.74 Å². The summed E-state index contributed by atoms with van der Waals surface area (Å²) in [5.41, 5.74) is 1.36. The number of ether oxygens (including phenoxy) is 1. The molecule has 0 bridgehead atoms. The summed E-state index contributed by atoms with van der Waals surface area (Å²) >= 11 is 2.04. The van der Waals surface area contributed by atoms with Crippen LogP contribution in [0.1, 0.15) is 25.5 Å². The zero-order valence-corrected chi connectivity index (χ0v) is 10.7. The quantitative estimate of drug-likeness (QED) is 0.873. The minimum atomic E-state index is 0.497. The fourth-order valence-corrected chi connectivity index (χ4v) is 2.91. The van der Waals surface area contributed by atoms with E-state index in [0.29, 0.717) is 6.04 Å². The van der Waals surface area contributed by atoms with Crippen molar-refractivity contribution in [3.8, 4) is 5.75 Å². The lowest BCUT2D eigenvalue weighted by Crippen LogP contribution is -2.34. The number of hydrogen-bond donors (Lipinski definition) is 1. The summed E-state index contributed by atoms with van der Waals surface area (Å²) in [6.07, 6.45) is 0. The van der Waals surface area contributed by atoms with Crippen LogP contribution in [0, 0.1) is 0 Å². The van der Waals surface area contributed by atoms with Gasteiger partial charge in [0.25, 0.3) is 0 Å². The van der Waals surface area contributed by atoms with Crippen LogP contribution < -0.4 is 10.1 Å². The fourth-order valence-electron chi connectivity index (χ4n) is 1.86. The SMILES string of the molecule is CCOc1ccc(C2CSC(C)CN2)cc1. The van der Waals surface area contributed by atoms with Crippen LogP contribution in [0.15, 0.2) is 24.3 Å². The molecule has 88 valence electrons. The largest absolute Gasteiger partial charge is 0.494 e. The van der Waals surface area contributed by atoms with E-state index in [4.69, 9.17) is 4.74 Å². The summed E-state index contributed by atoms with van der Waals surface area (Å²) in [4.78, 5) is 0. The molecule has 0 aliphatic carbocycles. The summed E-state index contributed by atoms with van der Waals surface area (Å²) in [6.45, 7) is 6.11. The maximum Gasteiger partial charge on any atom is 0.119 e. The fraction of sp³-hybridized carbons (Fsp3) is 0.538. The van der Waals surface area contributed by atoms with Crippen molar-refractivity contribution in [2.24, 2.45) is 0 Å². The van der Waals surface area contributed by atoms with E-state index in [1.165, 1.54) is 5.56 Å². The first kappa shape index (κ1) is 11.8. The first-order chi connectivity index (χ1) is 7.79. The van der Waals surface area contributed by atoms with Gasteiger partial charge in [-0.15, -0.1) is 0 Å². The number of benzene rings is 1. The molecule has 3 heteroatoms. The summed E-state index contributed by atoms with van der Waals surface area (Å²) in [6, 6.07) is 8.95. The van der Waals surface area contributed by atoms with Crippen LogP contribution >= 0.6 is 11.8 Å². The highest BCUT2D eigenvalue weighted by Crippen LogP contribution is 2.26. The Bertz CT molecular complexity index is 317. The third-order valence-electron chi connectivity index (χ3n) is 2.79. The van der Waals surface area contributed by atoms with E-state index in [0.717, 1.165) is 29.9 Å². The molecule has 1 aromatic rings. The van der Waals surface area contributed by atoms with E-state index >= 15 is 0 Å². The molecule has 2 atom stereocenters. The Kier molecular flexibility index (Phi) is 4.13. The van der Waals surface area contributed by atoms with Crippen molar-refractivity contribution in [3.63, 3.8) is 0 Å². The van der Waals surface area contributed by atoms with Crippen LogP contribution in [0.4, 0.5) is 0 Å². The molecule has 0 saturated carbocycles. The van der Waals surface area contributed by atoms with Crippen molar-refractivity contribution >= 4 is 11.8 Å². The minimum Gasteiger partial charge on any atom is -0.494 e. The first-order valence-electron chi connectivity index (χ1n) is 5.87. The van der Waals surface area contributed by atoms with Gasteiger partial charge >= 0.3 is 0 Å². The highest BCUT2D eigenvalue weighted by molar-refractivity contribution is 8.00. The van der Waals surface area contributed by atoms with E-state index in [9.17, 15) is 0 Å². The normalized spacial score (nSPS) is 25.4. The lowest BCUT2D eigenvalue weighted by molar-refractivity contribution is 0.340. The molecule has 0 aromatic heterocycles. The predicted octanol–water partition coefficient (Wildman–Crippen LogP) is 2.85. The molecule has 1 aliphatic rings. The number of rotatable bonds is 3. The van der Waals surface area contributed by atoms with Crippen molar-refractivity contribution in [1.82, 2.24) is 5.32 Å². The zero-order valence-electron chi connectivity index (χ0n) is 9.90. The van der Waals surface area contributed by atoms with Gasteiger partial charge in [-0.05, 0) is 24.6 Å². The second-order valence-electron chi connectivity index (χ2n) is 4.11. The van der Waals surface area contributed by atoms with Gasteiger partial charge in [0.2, 0.25) is 0 Å². The Morgan fingerprint density at radius 1 is 1.38 bits per heavy atom. The van der Waals surface area contributed by atoms with Crippen molar-refractivity contribution in [1.29, 1.82) is 0 Å². The smallest absolute Gasteiger partial charge is 0.119 e. The third-order valence-corrected chi connectivity index (χ3v) is 4.05. The van der Waals surface area contributed by atoms with E-state index in [1.54, 1.807) is 0 Å². The van der Waals surface area contributed by atoms with Gasteiger partial charge in [-0.2, -0.15) is 11.8 Å². The summed E-state index contributed by atoms with van der Waals surface area (Å²) in [7, 11) is 0. The van der Waals surface area contributed by atoms with Gasteiger partial charge in [-0.25, -0.2) is 0 Å². The van der Waals surface area contributed by atoms with Gasteiger partial charge in [-0.3, -0.25) is 0 Å². The Morgan fingerprint density at radius 2 is 2.12 bits per heavy atom. The third kappa shape index (κ3) is 2.92. The van der Waals surface area contributed by atoms with Crippen LogP contribution in [0.25, 0.3) is 0 Å². The minimum absolute atomic E-state index is 0.497. The standard InChI is InChI=1S/C13H19NOS/c1-3-15-12-6-4-11(5-7-12)13-9-16-10(2)8-14-13/h4-7,10,13-14H,3,8-9H2,1-2H3. The molecule has 1 N–H and O–H groups in total. The number of thioether (sulfide) groups is 1. The van der Waals surface area contributed by atoms with Crippen LogP contribution in [0.2, 0.25) is 0 Å². The van der Waals surface area contributed by atoms with Gasteiger partial charge in [-0.1, -0.05) is 19.1 Å². The van der Waals surface area contributed by atoms with Crippen LogP contribution in [0.3, 0.4) is 0 Å². The lowest BCUT2D eigenvalue weighted by atomic mass is 10.1. The Hall–Kier alpha value is -0.670. The average molecular weight is 237 g/mol. The molecule has 2 nitrogen and oxygen atoms in total. The van der Waals surface area contributed by atoms with Crippen LogP contribution in [-0.2, 0) is 0 Å². The summed E-state index contributed by atoms with van der Waals surface area (Å²) < 4.78 is 5.44. The maximum absolute atomic E-state index is 5.44. The van der Waals surface area contributed by atoms with Crippen molar-refractivity contribution in [2.75, 3.05) is 18.9 Å². The number of nitrogens with one attached hydrogen (secondary N) is 1. The highest BCUT2D eigenvalue weighted by Gasteiger charge is 2.18. The summed E-state index contributed by atoms with van der Waals surface area (Å²) in [5, 5.41) is 4.31. The maximum atomic E-state index is 5.44. The highest BCUT2D eigenvalue weighted by atomic mass is 32.2. The number of hydrogen-bond acceptors (Lipinski definition) is 3. The Balaban J connectivity index is 1.98. The second-order valence-corrected chi connectivity index (χ2v) is 5.58. The molecule has 1 saturated heterocycles. The summed E-state index contributed by atoms with van der Waals surface area (Å²) in [5.74, 6) is 2.12. The van der Waals surface area contributed by atoms with Gasteiger partial charge in [0.05, 0.1) is 6.61 Å². The molecule has 2 rings (SSSR count). The molecule has 0 radical (unpaired) electrons. The molecule has 16 heavy (non-hydrogen) atoms. The Labute approximate surface area is 102 Å². The van der Waals surface area contributed by atoms with Crippen LogP contribution in [-0.4, -0.2) is 24.2 Å². The topological polar surface area (TPSA) is 21.3 Å². The van der Waals surface area contributed by atoms with E-state index in [-0.39, 0.29) is 0 Å². The van der Waals surface area contributed by atoms with E-state index < -0.39 is 0 Å². The van der Waals surface area contributed by atoms with Crippen LogP contribution in [0.5, 0.6) is 5.75 Å². The van der Waals surface area contributed by atoms with Gasteiger partial charge in [0.1, 0.15) is 5.75 Å². The Morgan fingerprint density at radius 3 is 2.69 bits per heavy atom. The van der Waals surface area contributed by atoms with Gasteiger partial charge in [0, 0.05) is 23.6 Å². The van der Waals surface area contributed by atoms with Crippen molar-refractivity contribution in [2.45, 2.75) is 25.1 Å². The molecule has 1 heterocycles. The molecule has 1 fully saturated rings. The average Bonchev–Trinajstić information content (AvgIpc) is 2.32. The molecule has 0 amide bonds. The molecule has 0 spiro atoms. The molecular formula is C13H19NOS.